The van der Waals surface area contributed by atoms with E-state index < -0.39 is 0 Å². The van der Waals surface area contributed by atoms with Crippen LogP contribution in [0.2, 0.25) is 0 Å². The van der Waals surface area contributed by atoms with Crippen LogP contribution in [0.3, 0.4) is 0 Å². The minimum absolute atomic E-state index is 0.294. The van der Waals surface area contributed by atoms with Crippen LogP contribution in [0.15, 0.2) is 0 Å². The van der Waals surface area contributed by atoms with Crippen LogP contribution in [0.5, 0.6) is 0 Å². The van der Waals surface area contributed by atoms with Crippen molar-refractivity contribution in [2.45, 2.75) is 32.6 Å². The standard InChI is InChI=1S/C10H21O2P/c1-3-12-13(9-11-2)8-10-6-4-5-7-10/h10H,3-9H2,1-2H3. The van der Waals surface area contributed by atoms with Crippen molar-refractivity contribution in [3.05, 3.63) is 0 Å². The molecule has 0 aromatic rings. The first-order valence-electron chi connectivity index (χ1n) is 5.23. The number of hydrogen-bond donors (Lipinski definition) is 0. The maximum absolute atomic E-state index is 5.68. The van der Waals surface area contributed by atoms with Crippen LogP contribution in [0.1, 0.15) is 32.6 Å². The normalized spacial score (nSPS) is 20.8. The Hall–Kier alpha value is 0.350. The summed E-state index contributed by atoms with van der Waals surface area (Å²) in [6.07, 6.45) is 7.75. The lowest BCUT2D eigenvalue weighted by molar-refractivity contribution is 0.237. The van der Waals surface area contributed by atoms with Gasteiger partial charge in [-0.25, -0.2) is 0 Å². The van der Waals surface area contributed by atoms with E-state index in [0.717, 1.165) is 18.9 Å². The Labute approximate surface area is 82.8 Å². The van der Waals surface area contributed by atoms with Gasteiger partial charge in [0.1, 0.15) is 0 Å². The van der Waals surface area contributed by atoms with Crippen LogP contribution >= 0.6 is 8.15 Å². The lowest BCUT2D eigenvalue weighted by atomic mass is 10.1. The molecule has 1 rings (SSSR count). The van der Waals surface area contributed by atoms with Crippen LogP contribution in [-0.4, -0.2) is 26.2 Å². The minimum atomic E-state index is -0.294. The molecule has 1 aliphatic rings. The molecule has 2 nitrogen and oxygen atoms in total. The predicted molar refractivity (Wildman–Crippen MR) is 57.2 cm³/mol. The molecule has 0 heterocycles. The zero-order valence-electron chi connectivity index (χ0n) is 8.79. The zero-order chi connectivity index (χ0) is 9.52. The maximum Gasteiger partial charge on any atom is 0.0903 e. The molecule has 1 atom stereocenters. The summed E-state index contributed by atoms with van der Waals surface area (Å²) >= 11 is 0. The fraction of sp³-hybridized carbons (Fsp3) is 1.00. The van der Waals surface area contributed by atoms with Crippen molar-refractivity contribution in [1.29, 1.82) is 0 Å². The summed E-state index contributed by atoms with van der Waals surface area (Å²) in [4.78, 5) is 0. The molecule has 0 aliphatic heterocycles. The van der Waals surface area contributed by atoms with Gasteiger partial charge in [0.25, 0.3) is 0 Å². The molecule has 1 unspecified atom stereocenters. The highest BCUT2D eigenvalue weighted by Crippen LogP contribution is 2.42. The molecule has 1 aliphatic carbocycles. The molecule has 0 amide bonds. The van der Waals surface area contributed by atoms with Crippen molar-refractivity contribution < 1.29 is 9.26 Å². The Morgan fingerprint density at radius 2 is 2.00 bits per heavy atom. The molecule has 78 valence electrons. The number of hydrogen-bond acceptors (Lipinski definition) is 2. The van der Waals surface area contributed by atoms with E-state index in [1.54, 1.807) is 7.11 Å². The lowest BCUT2D eigenvalue weighted by Gasteiger charge is -2.19. The van der Waals surface area contributed by atoms with Crippen LogP contribution < -0.4 is 0 Å². The topological polar surface area (TPSA) is 18.5 Å². The van der Waals surface area contributed by atoms with E-state index >= 15 is 0 Å². The Morgan fingerprint density at radius 3 is 2.54 bits per heavy atom. The van der Waals surface area contributed by atoms with Crippen molar-refractivity contribution >= 4 is 8.15 Å². The second-order valence-corrected chi connectivity index (χ2v) is 5.50. The van der Waals surface area contributed by atoms with Crippen LogP contribution in [-0.2, 0) is 9.26 Å². The predicted octanol–water partition coefficient (Wildman–Crippen LogP) is 3.21. The highest BCUT2D eigenvalue weighted by atomic mass is 31.1. The molecule has 3 heteroatoms. The van der Waals surface area contributed by atoms with Gasteiger partial charge in [-0.1, -0.05) is 25.7 Å². The van der Waals surface area contributed by atoms with Gasteiger partial charge in [0.2, 0.25) is 0 Å². The average Bonchev–Trinajstić information content (AvgIpc) is 2.58. The molecule has 1 fully saturated rings. The first-order valence-corrected chi connectivity index (χ1v) is 6.86. The highest BCUT2D eigenvalue weighted by Gasteiger charge is 2.20. The second-order valence-electron chi connectivity index (χ2n) is 3.65. The third kappa shape index (κ3) is 4.39. The monoisotopic (exact) mass is 204 g/mol. The number of ether oxygens (including phenoxy) is 1. The van der Waals surface area contributed by atoms with E-state index in [4.69, 9.17) is 9.26 Å². The van der Waals surface area contributed by atoms with Gasteiger partial charge in [-0.15, -0.1) is 0 Å². The fourth-order valence-corrected chi connectivity index (χ4v) is 3.83. The Morgan fingerprint density at radius 1 is 1.31 bits per heavy atom. The van der Waals surface area contributed by atoms with E-state index in [-0.39, 0.29) is 8.15 Å². The van der Waals surface area contributed by atoms with Gasteiger partial charge in [-0.3, -0.25) is 0 Å². The SMILES string of the molecule is CCOP(COC)CC1CCCC1. The van der Waals surface area contributed by atoms with E-state index in [9.17, 15) is 0 Å². The molecule has 0 bridgehead atoms. The molecule has 0 aromatic carbocycles. The third-order valence-corrected chi connectivity index (χ3v) is 4.61. The quantitative estimate of drug-likeness (QED) is 0.618. The first kappa shape index (κ1) is 11.4. The smallest absolute Gasteiger partial charge is 0.0903 e. The molecule has 13 heavy (non-hydrogen) atoms. The van der Waals surface area contributed by atoms with Gasteiger partial charge >= 0.3 is 0 Å². The summed E-state index contributed by atoms with van der Waals surface area (Å²) in [5.41, 5.74) is 0. The average molecular weight is 204 g/mol. The summed E-state index contributed by atoms with van der Waals surface area (Å²) in [6.45, 7) is 2.90. The molecule has 0 saturated heterocycles. The van der Waals surface area contributed by atoms with Crippen LogP contribution in [0, 0.1) is 5.92 Å². The Bertz CT molecular complexity index is 118. The molecular formula is C10H21O2P. The number of methoxy groups -OCH3 is 1. The van der Waals surface area contributed by atoms with Crippen molar-refractivity contribution in [3.8, 4) is 0 Å². The largest absolute Gasteiger partial charge is 0.378 e. The minimum Gasteiger partial charge on any atom is -0.378 e. The lowest BCUT2D eigenvalue weighted by Crippen LogP contribution is -2.04. The fourth-order valence-electron chi connectivity index (χ4n) is 1.95. The Kier molecular flexibility index (Phi) is 5.93. The maximum atomic E-state index is 5.68. The molecule has 0 radical (unpaired) electrons. The van der Waals surface area contributed by atoms with Crippen molar-refractivity contribution in [3.63, 3.8) is 0 Å². The van der Waals surface area contributed by atoms with Crippen LogP contribution in [0.4, 0.5) is 0 Å². The summed E-state index contributed by atoms with van der Waals surface area (Å²) in [5.74, 6) is 0.924. The summed E-state index contributed by atoms with van der Waals surface area (Å²) in [5, 5.41) is 0. The molecule has 0 spiro atoms. The van der Waals surface area contributed by atoms with Crippen molar-refractivity contribution in [2.24, 2.45) is 5.92 Å². The molecule has 1 saturated carbocycles. The summed E-state index contributed by atoms with van der Waals surface area (Å²) < 4.78 is 10.9. The molecule has 0 N–H and O–H groups in total. The van der Waals surface area contributed by atoms with E-state index in [1.165, 1.54) is 31.8 Å². The second kappa shape index (κ2) is 6.75. The summed E-state index contributed by atoms with van der Waals surface area (Å²) in [6, 6.07) is 0. The van der Waals surface area contributed by atoms with Crippen molar-refractivity contribution in [1.82, 2.24) is 0 Å². The summed E-state index contributed by atoms with van der Waals surface area (Å²) in [7, 11) is 1.47. The third-order valence-electron chi connectivity index (χ3n) is 2.52. The first-order chi connectivity index (χ1) is 6.36. The number of rotatable bonds is 6. The highest BCUT2D eigenvalue weighted by molar-refractivity contribution is 7.52. The van der Waals surface area contributed by atoms with E-state index in [0.29, 0.717) is 0 Å². The van der Waals surface area contributed by atoms with Gasteiger partial charge in [-0.05, 0) is 19.0 Å². The molecular weight excluding hydrogens is 183 g/mol. The van der Waals surface area contributed by atoms with Gasteiger partial charge < -0.3 is 9.26 Å². The van der Waals surface area contributed by atoms with Crippen molar-refractivity contribution in [2.75, 3.05) is 26.2 Å². The van der Waals surface area contributed by atoms with Gasteiger partial charge in [0.05, 0.1) is 14.5 Å². The van der Waals surface area contributed by atoms with Crippen LogP contribution in [0.25, 0.3) is 0 Å². The molecule has 0 aromatic heterocycles. The van der Waals surface area contributed by atoms with Gasteiger partial charge in [-0.2, -0.15) is 0 Å². The van der Waals surface area contributed by atoms with Gasteiger partial charge in [0, 0.05) is 13.7 Å². The van der Waals surface area contributed by atoms with Gasteiger partial charge in [0.15, 0.2) is 0 Å². The zero-order valence-corrected chi connectivity index (χ0v) is 9.69. The Balaban J connectivity index is 2.19. The van der Waals surface area contributed by atoms with E-state index in [2.05, 4.69) is 6.92 Å². The van der Waals surface area contributed by atoms with E-state index in [1.807, 2.05) is 0 Å².